The molecule has 0 fully saturated rings. The van der Waals surface area contributed by atoms with Gasteiger partial charge in [-0.1, -0.05) is 54.6 Å². The highest BCUT2D eigenvalue weighted by molar-refractivity contribution is 6.01. The van der Waals surface area contributed by atoms with Gasteiger partial charge in [-0.3, -0.25) is 4.79 Å². The van der Waals surface area contributed by atoms with E-state index in [4.69, 9.17) is 4.74 Å². The van der Waals surface area contributed by atoms with Crippen LogP contribution in [-0.2, 0) is 9.53 Å². The first-order valence-electron chi connectivity index (χ1n) is 10.8. The molecule has 0 radical (unpaired) electrons. The molecule has 3 aromatic carbocycles. The van der Waals surface area contributed by atoms with Crippen LogP contribution in [0.1, 0.15) is 46.3 Å². The molecule has 0 aromatic heterocycles. The van der Waals surface area contributed by atoms with Crippen LogP contribution >= 0.6 is 0 Å². The molecule has 2 atom stereocenters. The Hall–Kier alpha value is -3.86. The first-order valence-corrected chi connectivity index (χ1v) is 10.8. The third-order valence-electron chi connectivity index (χ3n) is 6.25. The van der Waals surface area contributed by atoms with Crippen molar-refractivity contribution in [2.75, 3.05) is 17.7 Å². The van der Waals surface area contributed by atoms with Crippen molar-refractivity contribution in [1.82, 2.24) is 0 Å². The van der Waals surface area contributed by atoms with Gasteiger partial charge in [0, 0.05) is 17.7 Å². The van der Waals surface area contributed by atoms with E-state index in [1.54, 1.807) is 12.1 Å². The predicted octanol–water partition coefficient (Wildman–Crippen LogP) is 5.45. The first kappa shape index (κ1) is 20.1. The largest absolute Gasteiger partial charge is 0.465 e. The van der Waals surface area contributed by atoms with Crippen LogP contribution in [0.5, 0.6) is 0 Å². The summed E-state index contributed by atoms with van der Waals surface area (Å²) in [5, 5.41) is 7.12. The van der Waals surface area contributed by atoms with E-state index in [2.05, 4.69) is 22.8 Å². The molecule has 1 aliphatic carbocycles. The molecular weight excluding hydrogens is 400 g/mol. The number of nitrogens with one attached hydrogen (secondary N) is 2. The van der Waals surface area contributed by atoms with Gasteiger partial charge in [0.15, 0.2) is 5.78 Å². The van der Waals surface area contributed by atoms with Crippen LogP contribution in [0, 0.1) is 0 Å². The lowest BCUT2D eigenvalue weighted by Crippen LogP contribution is -2.26. The summed E-state index contributed by atoms with van der Waals surface area (Å²) in [6.07, 6.45) is 1.23. The summed E-state index contributed by atoms with van der Waals surface area (Å²) in [4.78, 5) is 25.4. The Kier molecular flexibility index (Phi) is 5.23. The topological polar surface area (TPSA) is 67.4 Å². The van der Waals surface area contributed by atoms with Gasteiger partial charge in [0.2, 0.25) is 0 Å². The number of hydrogen-bond acceptors (Lipinski definition) is 5. The summed E-state index contributed by atoms with van der Waals surface area (Å²) in [5.41, 5.74) is 6.20. The van der Waals surface area contributed by atoms with Crippen LogP contribution in [0.3, 0.4) is 0 Å². The molecule has 0 spiro atoms. The minimum absolute atomic E-state index is 0.134. The third kappa shape index (κ3) is 3.66. The number of Topliss-reactive ketones (excluding diaryl/α,β-unsaturated/α-hetero) is 1. The Labute approximate surface area is 187 Å². The predicted molar refractivity (Wildman–Crippen MR) is 125 cm³/mol. The van der Waals surface area contributed by atoms with E-state index in [9.17, 15) is 9.59 Å². The SMILES string of the molecule is COC(=O)c1ccc([C@@H]2Nc3ccccc3NC3=C2C(=O)C[C@@H](c2ccccc2)C3)cc1. The lowest BCUT2D eigenvalue weighted by Gasteiger charge is -2.30. The average molecular weight is 425 g/mol. The lowest BCUT2D eigenvalue weighted by molar-refractivity contribution is -0.116. The normalized spacial score (nSPS) is 19.7. The summed E-state index contributed by atoms with van der Waals surface area (Å²) in [6, 6.07) is 25.2. The van der Waals surface area contributed by atoms with Gasteiger partial charge in [-0.05, 0) is 47.7 Å². The van der Waals surface area contributed by atoms with Crippen LogP contribution in [0.25, 0.3) is 0 Å². The monoisotopic (exact) mass is 424 g/mol. The standard InChI is InChI=1S/C27H24N2O3/c1-32-27(31)19-13-11-18(12-14-19)26-25-23(28-21-9-5-6-10-22(21)29-26)15-20(16-24(25)30)17-7-3-2-4-8-17/h2-14,20,26,28-29H,15-16H2,1H3/t20-,26-/m0/s1. The van der Waals surface area contributed by atoms with E-state index in [1.165, 1.54) is 12.7 Å². The fourth-order valence-corrected chi connectivity index (χ4v) is 4.63. The smallest absolute Gasteiger partial charge is 0.337 e. The maximum atomic E-state index is 13.5. The molecular formula is C27H24N2O3. The zero-order valence-electron chi connectivity index (χ0n) is 17.8. The number of fused-ring (bicyclic) bond motifs is 1. The summed E-state index contributed by atoms with van der Waals surface area (Å²) in [7, 11) is 1.37. The maximum absolute atomic E-state index is 13.5. The highest BCUT2D eigenvalue weighted by atomic mass is 16.5. The second-order valence-electron chi connectivity index (χ2n) is 8.19. The molecule has 3 aromatic rings. The van der Waals surface area contributed by atoms with Gasteiger partial charge in [-0.15, -0.1) is 0 Å². The molecule has 2 N–H and O–H groups in total. The summed E-state index contributed by atoms with van der Waals surface area (Å²) in [6.45, 7) is 0. The van der Waals surface area contributed by atoms with Crippen molar-refractivity contribution < 1.29 is 14.3 Å². The molecule has 5 rings (SSSR count). The van der Waals surface area contributed by atoms with Crippen LogP contribution < -0.4 is 10.6 Å². The molecule has 32 heavy (non-hydrogen) atoms. The lowest BCUT2D eigenvalue weighted by atomic mass is 9.78. The number of benzene rings is 3. The molecule has 0 bridgehead atoms. The molecule has 2 aliphatic rings. The van der Waals surface area contributed by atoms with Crippen molar-refractivity contribution in [3.05, 3.63) is 107 Å². The number of anilines is 2. The molecule has 5 heteroatoms. The number of allylic oxidation sites excluding steroid dienone is 1. The Morgan fingerprint density at radius 1 is 0.844 bits per heavy atom. The third-order valence-corrected chi connectivity index (χ3v) is 6.25. The number of ketones is 1. The van der Waals surface area contributed by atoms with Gasteiger partial charge < -0.3 is 15.4 Å². The Morgan fingerprint density at radius 3 is 2.25 bits per heavy atom. The molecule has 0 unspecified atom stereocenters. The van der Waals surface area contributed by atoms with Crippen molar-refractivity contribution in [3.63, 3.8) is 0 Å². The molecule has 5 nitrogen and oxygen atoms in total. The van der Waals surface area contributed by atoms with E-state index in [0.717, 1.165) is 34.6 Å². The molecule has 0 saturated carbocycles. The van der Waals surface area contributed by atoms with Crippen molar-refractivity contribution in [3.8, 4) is 0 Å². The quantitative estimate of drug-likeness (QED) is 0.547. The fourth-order valence-electron chi connectivity index (χ4n) is 4.63. The zero-order valence-corrected chi connectivity index (χ0v) is 17.8. The number of rotatable bonds is 3. The Morgan fingerprint density at radius 2 is 1.53 bits per heavy atom. The fraction of sp³-hybridized carbons (Fsp3) is 0.185. The molecule has 160 valence electrons. The van der Waals surface area contributed by atoms with E-state index in [1.807, 2.05) is 54.6 Å². The van der Waals surface area contributed by atoms with E-state index < -0.39 is 0 Å². The second kappa shape index (κ2) is 8.35. The van der Waals surface area contributed by atoms with E-state index in [0.29, 0.717) is 12.0 Å². The average Bonchev–Trinajstić information content (AvgIpc) is 3.01. The minimum atomic E-state index is -0.378. The number of carbonyl (C=O) groups is 2. The van der Waals surface area contributed by atoms with Crippen molar-refractivity contribution in [2.45, 2.75) is 24.8 Å². The van der Waals surface area contributed by atoms with Crippen LogP contribution in [0.4, 0.5) is 11.4 Å². The van der Waals surface area contributed by atoms with Crippen LogP contribution in [-0.4, -0.2) is 18.9 Å². The summed E-state index contributed by atoms with van der Waals surface area (Å²) >= 11 is 0. The number of ether oxygens (including phenoxy) is 1. The summed E-state index contributed by atoms with van der Waals surface area (Å²) in [5.74, 6) is -0.103. The molecule has 1 heterocycles. The summed E-state index contributed by atoms with van der Waals surface area (Å²) < 4.78 is 4.82. The van der Waals surface area contributed by atoms with E-state index >= 15 is 0 Å². The molecule has 1 aliphatic heterocycles. The van der Waals surface area contributed by atoms with Gasteiger partial charge >= 0.3 is 5.97 Å². The van der Waals surface area contributed by atoms with Gasteiger partial charge in [0.05, 0.1) is 30.1 Å². The number of carbonyl (C=O) groups excluding carboxylic acids is 2. The van der Waals surface area contributed by atoms with Crippen molar-refractivity contribution in [2.24, 2.45) is 0 Å². The van der Waals surface area contributed by atoms with Crippen molar-refractivity contribution >= 4 is 23.1 Å². The zero-order chi connectivity index (χ0) is 22.1. The highest BCUT2D eigenvalue weighted by Gasteiger charge is 2.36. The number of para-hydroxylation sites is 2. The number of esters is 1. The number of hydrogen-bond donors (Lipinski definition) is 2. The highest BCUT2D eigenvalue weighted by Crippen LogP contribution is 2.44. The van der Waals surface area contributed by atoms with Crippen molar-refractivity contribution in [1.29, 1.82) is 0 Å². The van der Waals surface area contributed by atoms with Gasteiger partial charge in [-0.25, -0.2) is 4.79 Å². The van der Waals surface area contributed by atoms with Crippen LogP contribution in [0.2, 0.25) is 0 Å². The van der Waals surface area contributed by atoms with Gasteiger partial charge in [0.25, 0.3) is 0 Å². The Balaban J connectivity index is 1.58. The number of methoxy groups -OCH3 is 1. The van der Waals surface area contributed by atoms with Gasteiger partial charge in [-0.2, -0.15) is 0 Å². The second-order valence-corrected chi connectivity index (χ2v) is 8.19. The Bertz CT molecular complexity index is 1200. The molecule has 0 saturated heterocycles. The first-order chi connectivity index (χ1) is 15.6. The minimum Gasteiger partial charge on any atom is -0.465 e. The maximum Gasteiger partial charge on any atom is 0.337 e. The van der Waals surface area contributed by atoms with E-state index in [-0.39, 0.29) is 23.7 Å². The van der Waals surface area contributed by atoms with Gasteiger partial charge in [0.1, 0.15) is 0 Å². The van der Waals surface area contributed by atoms with Crippen LogP contribution in [0.15, 0.2) is 90.1 Å². The molecule has 0 amide bonds.